The SMILES string of the molecule is CN(C1CCC(O)CC1)[C@@H]1[C@@H]2CC3C[C@H]1C[C@@](CNc1nc(NCc4ccccc4O)ncc1C#N)(C3)C2. The third kappa shape index (κ3) is 4.94. The maximum atomic E-state index is 10.0. The third-order valence-electron chi connectivity index (χ3n) is 10.0. The van der Waals surface area contributed by atoms with Gasteiger partial charge in [0.2, 0.25) is 5.95 Å². The van der Waals surface area contributed by atoms with Crippen LogP contribution in [0.5, 0.6) is 5.75 Å². The van der Waals surface area contributed by atoms with Crippen LogP contribution in [0.25, 0.3) is 0 Å². The number of phenols is 1. The van der Waals surface area contributed by atoms with Crippen LogP contribution in [0.15, 0.2) is 30.5 Å². The van der Waals surface area contributed by atoms with Gasteiger partial charge in [0, 0.05) is 30.7 Å². The van der Waals surface area contributed by atoms with Crippen LogP contribution in [0.1, 0.15) is 68.9 Å². The lowest BCUT2D eigenvalue weighted by molar-refractivity contribution is -0.114. The van der Waals surface area contributed by atoms with Crippen LogP contribution in [-0.2, 0) is 6.54 Å². The Labute approximate surface area is 225 Å². The van der Waals surface area contributed by atoms with Crippen molar-refractivity contribution in [3.05, 3.63) is 41.6 Å². The number of hydrogen-bond acceptors (Lipinski definition) is 8. The van der Waals surface area contributed by atoms with Crippen LogP contribution in [-0.4, -0.2) is 56.9 Å². The molecule has 5 fully saturated rings. The van der Waals surface area contributed by atoms with E-state index in [0.717, 1.165) is 55.5 Å². The van der Waals surface area contributed by atoms with Gasteiger partial charge in [-0.3, -0.25) is 4.90 Å². The number of phenolic OH excluding ortho intramolecular Hbond substituents is 1. The summed E-state index contributed by atoms with van der Waals surface area (Å²) >= 11 is 0. The van der Waals surface area contributed by atoms with Gasteiger partial charge in [0.15, 0.2) is 0 Å². The number of aliphatic hydroxyl groups excluding tert-OH is 1. The minimum Gasteiger partial charge on any atom is -0.508 e. The molecule has 5 aliphatic carbocycles. The maximum absolute atomic E-state index is 10.0. The molecular weight excluding hydrogens is 476 g/mol. The number of benzene rings is 1. The molecule has 4 N–H and O–H groups in total. The molecule has 0 aliphatic heterocycles. The molecule has 4 bridgehead atoms. The average Bonchev–Trinajstić information content (AvgIpc) is 2.91. The van der Waals surface area contributed by atoms with Gasteiger partial charge in [0.25, 0.3) is 0 Å². The summed E-state index contributed by atoms with van der Waals surface area (Å²) in [6, 6.07) is 10.7. The Kier molecular flexibility index (Phi) is 6.92. The van der Waals surface area contributed by atoms with Gasteiger partial charge in [-0.25, -0.2) is 4.98 Å². The van der Waals surface area contributed by atoms with Gasteiger partial charge in [0.1, 0.15) is 23.2 Å². The average molecular weight is 517 g/mol. The molecule has 5 aliphatic rings. The molecule has 0 spiro atoms. The lowest BCUT2D eigenvalue weighted by Crippen LogP contribution is -2.61. The van der Waals surface area contributed by atoms with Gasteiger partial charge in [-0.05, 0) is 94.1 Å². The second-order valence-corrected chi connectivity index (χ2v) is 12.5. The summed E-state index contributed by atoms with van der Waals surface area (Å²) in [6.45, 7) is 1.25. The second kappa shape index (κ2) is 10.3. The molecule has 8 nitrogen and oxygen atoms in total. The van der Waals surface area contributed by atoms with Gasteiger partial charge < -0.3 is 20.8 Å². The van der Waals surface area contributed by atoms with Crippen molar-refractivity contribution < 1.29 is 10.2 Å². The molecule has 1 heterocycles. The van der Waals surface area contributed by atoms with E-state index in [-0.39, 0.29) is 17.3 Å². The number of aromatic hydroxyl groups is 1. The Hall–Kier alpha value is -2.89. The van der Waals surface area contributed by atoms with E-state index in [4.69, 9.17) is 0 Å². The smallest absolute Gasteiger partial charge is 0.224 e. The molecule has 5 atom stereocenters. The largest absolute Gasteiger partial charge is 0.508 e. The number of nitriles is 1. The first-order valence-corrected chi connectivity index (χ1v) is 14.3. The van der Waals surface area contributed by atoms with Gasteiger partial charge in [-0.15, -0.1) is 0 Å². The topological polar surface area (TPSA) is 117 Å². The van der Waals surface area contributed by atoms with E-state index in [2.05, 4.69) is 38.6 Å². The molecular formula is C30H40N6O2. The van der Waals surface area contributed by atoms with Crippen molar-refractivity contribution >= 4 is 11.8 Å². The lowest BCUT2D eigenvalue weighted by Gasteiger charge is -2.62. The summed E-state index contributed by atoms with van der Waals surface area (Å²) in [5.74, 6) is 3.54. The molecule has 1 unspecified atom stereocenters. The Balaban J connectivity index is 1.12. The molecule has 7 rings (SSSR count). The molecule has 1 aromatic carbocycles. The van der Waals surface area contributed by atoms with Crippen LogP contribution >= 0.6 is 0 Å². The van der Waals surface area contributed by atoms with Gasteiger partial charge in [-0.1, -0.05) is 18.2 Å². The second-order valence-electron chi connectivity index (χ2n) is 12.5. The zero-order valence-electron chi connectivity index (χ0n) is 22.3. The minimum atomic E-state index is -0.103. The molecule has 5 saturated carbocycles. The predicted octanol–water partition coefficient (Wildman–Crippen LogP) is 4.51. The summed E-state index contributed by atoms with van der Waals surface area (Å²) in [7, 11) is 2.35. The number of para-hydroxylation sites is 1. The highest BCUT2D eigenvalue weighted by Crippen LogP contribution is 2.61. The van der Waals surface area contributed by atoms with Crippen molar-refractivity contribution in [3.63, 3.8) is 0 Å². The Morgan fingerprint density at radius 3 is 2.53 bits per heavy atom. The number of nitrogens with one attached hydrogen (secondary N) is 2. The van der Waals surface area contributed by atoms with Crippen LogP contribution in [0.3, 0.4) is 0 Å². The number of nitrogens with zero attached hydrogens (tertiary/aromatic N) is 4. The Morgan fingerprint density at radius 2 is 1.82 bits per heavy atom. The Bertz CT molecular complexity index is 1170. The number of aliphatic hydroxyl groups is 1. The zero-order chi connectivity index (χ0) is 26.3. The van der Waals surface area contributed by atoms with E-state index in [0.29, 0.717) is 36.0 Å². The summed E-state index contributed by atoms with van der Waals surface area (Å²) in [4.78, 5) is 11.7. The van der Waals surface area contributed by atoms with Gasteiger partial charge in [0.05, 0.1) is 12.3 Å². The molecule has 0 saturated heterocycles. The maximum Gasteiger partial charge on any atom is 0.224 e. The van der Waals surface area contributed by atoms with E-state index in [1.807, 2.05) is 12.1 Å². The fourth-order valence-corrected chi connectivity index (χ4v) is 8.55. The van der Waals surface area contributed by atoms with E-state index < -0.39 is 0 Å². The van der Waals surface area contributed by atoms with E-state index in [1.54, 1.807) is 18.3 Å². The van der Waals surface area contributed by atoms with E-state index in [9.17, 15) is 15.5 Å². The van der Waals surface area contributed by atoms with Crippen molar-refractivity contribution in [2.45, 2.75) is 82.5 Å². The summed E-state index contributed by atoms with van der Waals surface area (Å²) < 4.78 is 0. The minimum absolute atomic E-state index is 0.103. The molecule has 0 amide bonds. The number of anilines is 2. The lowest BCUT2D eigenvalue weighted by atomic mass is 9.47. The number of aromatic nitrogens is 2. The normalized spacial score (nSPS) is 33.7. The fourth-order valence-electron chi connectivity index (χ4n) is 8.55. The first-order valence-electron chi connectivity index (χ1n) is 14.3. The van der Waals surface area contributed by atoms with Crippen molar-refractivity contribution in [2.24, 2.45) is 23.2 Å². The summed E-state index contributed by atoms with van der Waals surface area (Å²) in [5.41, 5.74) is 1.49. The van der Waals surface area contributed by atoms with Crippen molar-refractivity contribution in [3.8, 4) is 11.8 Å². The first-order chi connectivity index (χ1) is 18.4. The quantitative estimate of drug-likeness (QED) is 0.405. The Morgan fingerprint density at radius 1 is 1.08 bits per heavy atom. The van der Waals surface area contributed by atoms with Crippen LogP contribution < -0.4 is 10.6 Å². The van der Waals surface area contributed by atoms with Crippen molar-refractivity contribution in [1.82, 2.24) is 14.9 Å². The van der Waals surface area contributed by atoms with E-state index >= 15 is 0 Å². The van der Waals surface area contributed by atoms with Crippen molar-refractivity contribution in [2.75, 3.05) is 24.2 Å². The highest BCUT2D eigenvalue weighted by molar-refractivity contribution is 5.53. The number of rotatable bonds is 8. The zero-order valence-corrected chi connectivity index (χ0v) is 22.3. The van der Waals surface area contributed by atoms with Crippen LogP contribution in [0.2, 0.25) is 0 Å². The van der Waals surface area contributed by atoms with Crippen LogP contribution in [0.4, 0.5) is 11.8 Å². The molecule has 0 radical (unpaired) electrons. The fraction of sp³-hybridized carbons (Fsp3) is 0.633. The van der Waals surface area contributed by atoms with E-state index in [1.165, 1.54) is 32.1 Å². The van der Waals surface area contributed by atoms with Crippen LogP contribution in [0, 0.1) is 34.5 Å². The standard InChI is InChI=1S/C30H40N6O2/c1-36(24-6-8-25(37)9-7-24)27-21-10-19-11-22(27)14-30(12-19,13-21)18-34-28-23(15-31)17-33-29(35-28)32-16-20-4-2-3-5-26(20)38/h2-5,17,19,21-22,24-25,27,37-38H,6-14,16,18H2,1H3,(H2,32,33,34,35)/t19?,21-,22+,24?,25?,27-,30-. The summed E-state index contributed by atoms with van der Waals surface area (Å²) in [6.07, 6.45) is 12.0. The highest BCUT2D eigenvalue weighted by atomic mass is 16.3. The monoisotopic (exact) mass is 516 g/mol. The first kappa shape index (κ1) is 25.4. The third-order valence-corrected chi connectivity index (χ3v) is 10.0. The molecule has 1 aromatic heterocycles. The molecule has 8 heteroatoms. The molecule has 2 aromatic rings. The van der Waals surface area contributed by atoms with Crippen molar-refractivity contribution in [1.29, 1.82) is 5.26 Å². The highest BCUT2D eigenvalue weighted by Gasteiger charge is 2.56. The number of hydrogen-bond donors (Lipinski definition) is 4. The van der Waals surface area contributed by atoms with Gasteiger partial charge >= 0.3 is 0 Å². The summed E-state index contributed by atoms with van der Waals surface area (Å²) in [5, 5.41) is 36.5. The predicted molar refractivity (Wildman–Crippen MR) is 146 cm³/mol. The van der Waals surface area contributed by atoms with Gasteiger partial charge in [-0.2, -0.15) is 10.2 Å². The molecule has 202 valence electrons. The molecule has 38 heavy (non-hydrogen) atoms.